The lowest BCUT2D eigenvalue weighted by molar-refractivity contribution is -0.133. The molecule has 4 rings (SSSR count). The lowest BCUT2D eigenvalue weighted by Crippen LogP contribution is -2.48. The molecule has 0 bridgehead atoms. The van der Waals surface area contributed by atoms with Crippen LogP contribution in [0.4, 0.5) is 0 Å². The molecule has 0 radical (unpaired) electrons. The maximum Gasteiger partial charge on any atom is 0.237 e. The molecule has 3 aromatic rings. The van der Waals surface area contributed by atoms with Gasteiger partial charge in [-0.15, -0.1) is 0 Å². The molecule has 1 N–H and O–H groups in total. The van der Waals surface area contributed by atoms with E-state index in [1.807, 2.05) is 0 Å². The minimum absolute atomic E-state index is 0.0734. The lowest BCUT2D eigenvalue weighted by atomic mass is 9.70. The van der Waals surface area contributed by atoms with Crippen molar-refractivity contribution in [1.29, 1.82) is 0 Å². The summed E-state index contributed by atoms with van der Waals surface area (Å²) in [5.74, 6) is -1.71. The topological polar surface area (TPSA) is 43.8 Å². The number of rotatable bonds is 7. The van der Waals surface area contributed by atoms with Gasteiger partial charge in [-0.2, -0.15) is 0 Å². The molecule has 0 aromatic heterocycles. The van der Waals surface area contributed by atoms with Crippen LogP contribution in [0.3, 0.4) is 0 Å². The zero-order valence-corrected chi connectivity index (χ0v) is 18.7. The van der Waals surface area contributed by atoms with Crippen LogP contribution in [0.1, 0.15) is 57.8 Å². The van der Waals surface area contributed by atoms with Crippen LogP contribution in [0.15, 0.2) is 84.9 Å². The Hall–Kier alpha value is -2.66. The molecule has 4 nitrogen and oxygen atoms in total. The van der Waals surface area contributed by atoms with Gasteiger partial charge in [0.2, 0.25) is 5.91 Å². The van der Waals surface area contributed by atoms with Crippen molar-refractivity contribution < 1.29 is 31.8 Å². The summed E-state index contributed by atoms with van der Waals surface area (Å²) in [6.07, 6.45) is -9.21. The van der Waals surface area contributed by atoms with E-state index in [0.29, 0.717) is 0 Å². The number of hydrogen-bond acceptors (Lipinski definition) is 3. The lowest BCUT2D eigenvalue weighted by Gasteiger charge is -2.41. The van der Waals surface area contributed by atoms with Gasteiger partial charge in [-0.25, -0.2) is 0 Å². The number of piperidine rings is 1. The number of carbonyl (C=O) groups is 1. The second-order valence-corrected chi connectivity index (χ2v) is 8.08. The van der Waals surface area contributed by atoms with Crippen molar-refractivity contribution in [1.82, 2.24) is 9.80 Å². The van der Waals surface area contributed by atoms with E-state index in [2.05, 4.69) is 0 Å². The maximum atomic E-state index is 14.7. The summed E-state index contributed by atoms with van der Waals surface area (Å²) in [5, 5.41) is 11.9. The van der Waals surface area contributed by atoms with Crippen LogP contribution >= 0.6 is 11.6 Å². The molecule has 0 unspecified atom stereocenters. The quantitative estimate of drug-likeness (QED) is 0.499. The summed E-state index contributed by atoms with van der Waals surface area (Å²) < 4.78 is 138. The Bertz CT molecular complexity index is 1620. The van der Waals surface area contributed by atoms with Crippen molar-refractivity contribution in [3.63, 3.8) is 0 Å². The molecule has 178 valence electrons. The average molecular weight is 493 g/mol. The number of aliphatic hydroxyl groups is 1. The first-order chi connectivity index (χ1) is 22.6. The summed E-state index contributed by atoms with van der Waals surface area (Å²) in [4.78, 5) is 14.0. The predicted molar refractivity (Wildman–Crippen MR) is 138 cm³/mol. The van der Waals surface area contributed by atoms with Crippen LogP contribution in [-0.4, -0.2) is 54.3 Å². The molecule has 1 amide bonds. The van der Waals surface area contributed by atoms with Crippen LogP contribution in [0.2, 0.25) is 5.02 Å². The van der Waals surface area contributed by atoms with E-state index in [0.717, 1.165) is 24.3 Å². The Morgan fingerprint density at radius 1 is 1.03 bits per heavy atom. The molecule has 1 aliphatic heterocycles. The molecular formula is C29H33ClN2O2. The van der Waals surface area contributed by atoms with Crippen molar-refractivity contribution in [2.45, 2.75) is 30.2 Å². The third-order valence-electron chi connectivity index (χ3n) is 5.56. The first kappa shape index (κ1) is 11.4. The number of likely N-dealkylation sites (tertiary alicyclic amines) is 1. The van der Waals surface area contributed by atoms with E-state index in [9.17, 15) is 12.6 Å². The highest BCUT2D eigenvalue weighted by Crippen LogP contribution is 2.39. The van der Waals surface area contributed by atoms with E-state index in [1.54, 1.807) is 0 Å². The Morgan fingerprint density at radius 3 is 2.06 bits per heavy atom. The fourth-order valence-corrected chi connectivity index (χ4v) is 3.90. The Kier molecular flexibility index (Phi) is 3.45. The molecule has 34 heavy (non-hydrogen) atoms. The highest BCUT2D eigenvalue weighted by Gasteiger charge is 2.43. The van der Waals surface area contributed by atoms with Crippen molar-refractivity contribution in [3.8, 4) is 0 Å². The molecule has 0 aliphatic carbocycles. The van der Waals surface area contributed by atoms with Gasteiger partial charge in [-0.05, 0) is 54.5 Å². The first-order valence-electron chi connectivity index (χ1n) is 18.3. The molecule has 0 spiro atoms. The molecule has 0 saturated carbocycles. The van der Waals surface area contributed by atoms with Gasteiger partial charge in [0.15, 0.2) is 0 Å². The van der Waals surface area contributed by atoms with Gasteiger partial charge in [-0.1, -0.05) is 84.4 Å². The Balaban J connectivity index is 2.08. The fraction of sp³-hybridized carbons (Fsp3) is 0.345. The van der Waals surface area contributed by atoms with Crippen LogP contribution in [0, 0.1) is 0 Å². The molecule has 5 heteroatoms. The van der Waals surface area contributed by atoms with E-state index in [4.69, 9.17) is 30.8 Å². The van der Waals surface area contributed by atoms with Crippen molar-refractivity contribution in [2.24, 2.45) is 0 Å². The summed E-state index contributed by atoms with van der Waals surface area (Å²) in [6, 6.07) is 17.8. The molecule has 3 aromatic carbocycles. The first-order valence-corrected chi connectivity index (χ1v) is 10.7. The molecule has 1 aliphatic rings. The third-order valence-corrected chi connectivity index (χ3v) is 5.81. The van der Waals surface area contributed by atoms with E-state index in [-0.39, 0.29) is 21.0 Å². The zero-order chi connectivity index (χ0) is 38.1. The van der Waals surface area contributed by atoms with E-state index in [1.165, 1.54) is 60.7 Å². The van der Waals surface area contributed by atoms with Crippen LogP contribution in [-0.2, 0) is 15.8 Å². The molecule has 1 saturated heterocycles. The largest absolute Gasteiger partial charge is 0.385 e. The standard InChI is InChI=1S/C29H33ClN2O2/c1-31(2)27(33)29(24-9-5-3-6-10-24,25-11-7-4-8-12-25)19-22-32-20-17-28(34,18-21-32)23-13-15-26(30)16-14-23/h3-16,34H,17-22H2,1-2H3/i1D3,2D3,17D2,18D2,20D2,21D2,22D2. The second-order valence-electron chi connectivity index (χ2n) is 7.64. The minimum Gasteiger partial charge on any atom is -0.385 e. The van der Waals surface area contributed by atoms with Gasteiger partial charge in [0.1, 0.15) is 5.41 Å². The maximum absolute atomic E-state index is 14.7. The third kappa shape index (κ3) is 4.90. The number of nitrogens with zero attached hydrogens (tertiary/aromatic N) is 2. The van der Waals surface area contributed by atoms with Crippen molar-refractivity contribution >= 4 is 17.5 Å². The number of amides is 1. The van der Waals surface area contributed by atoms with Gasteiger partial charge in [0, 0.05) is 53.9 Å². The summed E-state index contributed by atoms with van der Waals surface area (Å²) >= 11 is 5.92. The molecule has 1 heterocycles. The normalized spacial score (nSPS) is 30.3. The predicted octanol–water partition coefficient (Wildman–Crippen LogP) is 5.09. The van der Waals surface area contributed by atoms with Gasteiger partial charge >= 0.3 is 0 Å². The van der Waals surface area contributed by atoms with E-state index < -0.39 is 80.0 Å². The summed E-state index contributed by atoms with van der Waals surface area (Å²) in [7, 11) is 0. The number of hydrogen-bond donors (Lipinski definition) is 1. The summed E-state index contributed by atoms with van der Waals surface area (Å²) in [5.41, 5.74) is -7.34. The summed E-state index contributed by atoms with van der Waals surface area (Å²) in [6.45, 7) is -18.9. The van der Waals surface area contributed by atoms with Crippen LogP contribution in [0.5, 0.6) is 0 Å². The highest BCUT2D eigenvalue weighted by atomic mass is 35.5. The van der Waals surface area contributed by atoms with Crippen molar-refractivity contribution in [2.75, 3.05) is 33.4 Å². The number of halogens is 1. The van der Waals surface area contributed by atoms with Gasteiger partial charge in [0.25, 0.3) is 0 Å². The Morgan fingerprint density at radius 2 is 1.56 bits per heavy atom. The van der Waals surface area contributed by atoms with Crippen LogP contribution in [0.25, 0.3) is 0 Å². The highest BCUT2D eigenvalue weighted by molar-refractivity contribution is 6.30. The minimum atomic E-state index is -3.95. The van der Waals surface area contributed by atoms with Gasteiger partial charge in [-0.3, -0.25) is 4.79 Å². The number of benzene rings is 3. The van der Waals surface area contributed by atoms with Crippen molar-refractivity contribution in [3.05, 3.63) is 107 Å². The zero-order valence-electron chi connectivity index (χ0n) is 33.9. The Labute approximate surface area is 230 Å². The SMILES string of the molecule is [2H]C([2H])([2H])N(C(=O)C(CC([2H])([2H])N1C([2H])([2H])C([2H])([2H])C(O)(c2ccc(Cl)cc2)C([2H])([2H])C1([2H])[2H])(c1ccccc1)c1ccccc1)C([2H])([2H])[2H]. The monoisotopic (exact) mass is 492 g/mol. The average Bonchev–Trinajstić information content (AvgIpc) is 2.98. The molecular weight excluding hydrogens is 444 g/mol. The van der Waals surface area contributed by atoms with Crippen LogP contribution < -0.4 is 0 Å². The molecule has 0 atom stereocenters. The van der Waals surface area contributed by atoms with E-state index >= 15 is 0 Å². The number of likely N-dealkylation sites (N-methyl/N-ethyl adjacent to an activating group) is 1. The smallest absolute Gasteiger partial charge is 0.237 e. The molecule has 1 fully saturated rings. The van der Waals surface area contributed by atoms with Gasteiger partial charge < -0.3 is 14.9 Å². The second kappa shape index (κ2) is 10.3. The fourth-order valence-electron chi connectivity index (χ4n) is 3.77. The van der Waals surface area contributed by atoms with Gasteiger partial charge in [0.05, 0.1) is 5.60 Å². The number of carbonyl (C=O) groups excluding carboxylic acids is 1.